The summed E-state index contributed by atoms with van der Waals surface area (Å²) in [5.74, 6) is -1.54. The highest BCUT2D eigenvalue weighted by Crippen LogP contribution is 2.29. The summed E-state index contributed by atoms with van der Waals surface area (Å²) in [6.45, 7) is -0.518. The Labute approximate surface area is 148 Å². The van der Waals surface area contributed by atoms with E-state index in [1.165, 1.54) is 12.3 Å². The number of carbonyl (C=O) groups excluding carboxylic acids is 2. The standard InChI is InChI=1S/C18H13ClN2O4/c19-17-14(6-3-9-20-17)21-15(22)10-25-18(24)13-8-7-11-4-1-2-5-12(11)16(13)23/h1-9,23H,10H2,(H,21,22). The quantitative estimate of drug-likeness (QED) is 0.552. The lowest BCUT2D eigenvalue weighted by Crippen LogP contribution is -2.21. The zero-order chi connectivity index (χ0) is 17.8. The van der Waals surface area contributed by atoms with Crippen molar-refractivity contribution >= 4 is 39.9 Å². The van der Waals surface area contributed by atoms with Crippen molar-refractivity contribution in [2.45, 2.75) is 0 Å². The first kappa shape index (κ1) is 16.7. The number of halogens is 1. The fourth-order valence-electron chi connectivity index (χ4n) is 2.29. The third kappa shape index (κ3) is 3.70. The van der Waals surface area contributed by atoms with Crippen molar-refractivity contribution in [3.63, 3.8) is 0 Å². The maximum Gasteiger partial charge on any atom is 0.342 e. The molecule has 3 rings (SSSR count). The molecule has 0 spiro atoms. The molecule has 25 heavy (non-hydrogen) atoms. The Morgan fingerprint density at radius 3 is 2.72 bits per heavy atom. The summed E-state index contributed by atoms with van der Waals surface area (Å²) in [6, 6.07) is 13.4. The van der Waals surface area contributed by atoms with E-state index in [4.69, 9.17) is 16.3 Å². The lowest BCUT2D eigenvalue weighted by molar-refractivity contribution is -0.119. The summed E-state index contributed by atoms with van der Waals surface area (Å²) in [4.78, 5) is 27.8. The number of nitrogens with one attached hydrogen (secondary N) is 1. The third-order valence-electron chi connectivity index (χ3n) is 3.49. The van der Waals surface area contributed by atoms with Gasteiger partial charge in [0, 0.05) is 11.6 Å². The molecule has 0 saturated carbocycles. The topological polar surface area (TPSA) is 88.5 Å². The van der Waals surface area contributed by atoms with Crippen molar-refractivity contribution in [3.8, 4) is 5.75 Å². The third-order valence-corrected chi connectivity index (χ3v) is 3.79. The first-order chi connectivity index (χ1) is 12.1. The monoisotopic (exact) mass is 356 g/mol. The van der Waals surface area contributed by atoms with Gasteiger partial charge in [-0.15, -0.1) is 0 Å². The summed E-state index contributed by atoms with van der Waals surface area (Å²) in [7, 11) is 0. The minimum absolute atomic E-state index is 0.00842. The molecule has 0 saturated heterocycles. The second-order valence-corrected chi connectivity index (χ2v) is 5.51. The molecule has 0 radical (unpaired) electrons. The number of ether oxygens (including phenoxy) is 1. The Hall–Kier alpha value is -3.12. The van der Waals surface area contributed by atoms with Crippen molar-refractivity contribution in [2.75, 3.05) is 11.9 Å². The van der Waals surface area contributed by atoms with E-state index in [9.17, 15) is 14.7 Å². The van der Waals surface area contributed by atoms with Gasteiger partial charge in [-0.05, 0) is 23.6 Å². The van der Waals surface area contributed by atoms with E-state index < -0.39 is 18.5 Å². The van der Waals surface area contributed by atoms with Crippen LogP contribution in [0.3, 0.4) is 0 Å². The number of aromatic hydroxyl groups is 1. The number of esters is 1. The molecule has 1 amide bonds. The highest BCUT2D eigenvalue weighted by Gasteiger charge is 2.17. The van der Waals surface area contributed by atoms with Crippen molar-refractivity contribution in [1.82, 2.24) is 4.98 Å². The lowest BCUT2D eigenvalue weighted by Gasteiger charge is -2.09. The van der Waals surface area contributed by atoms with Gasteiger partial charge in [0.15, 0.2) is 11.8 Å². The molecule has 0 aliphatic carbocycles. The molecule has 6 nitrogen and oxygen atoms in total. The SMILES string of the molecule is O=C(COC(=O)c1ccc2ccccc2c1O)Nc1cccnc1Cl. The number of amides is 1. The van der Waals surface area contributed by atoms with Gasteiger partial charge < -0.3 is 15.2 Å². The number of rotatable bonds is 4. The van der Waals surface area contributed by atoms with Crippen LogP contribution in [-0.2, 0) is 9.53 Å². The molecule has 2 N–H and O–H groups in total. The van der Waals surface area contributed by atoms with Crippen LogP contribution < -0.4 is 5.32 Å². The first-order valence-electron chi connectivity index (χ1n) is 7.34. The molecule has 0 bridgehead atoms. The number of anilines is 1. The number of hydrogen-bond acceptors (Lipinski definition) is 5. The Morgan fingerprint density at radius 1 is 1.12 bits per heavy atom. The number of carbonyl (C=O) groups is 2. The normalized spacial score (nSPS) is 10.4. The molecule has 0 unspecified atom stereocenters. The molecule has 7 heteroatoms. The van der Waals surface area contributed by atoms with E-state index in [0.29, 0.717) is 11.1 Å². The number of fused-ring (bicyclic) bond motifs is 1. The number of benzene rings is 2. The summed E-state index contributed by atoms with van der Waals surface area (Å²) in [6.07, 6.45) is 1.49. The van der Waals surface area contributed by atoms with Crippen LogP contribution in [0.5, 0.6) is 5.75 Å². The predicted molar refractivity (Wildman–Crippen MR) is 93.8 cm³/mol. The largest absolute Gasteiger partial charge is 0.506 e. The second-order valence-electron chi connectivity index (χ2n) is 5.15. The molecule has 0 fully saturated rings. The summed E-state index contributed by atoms with van der Waals surface area (Å²) < 4.78 is 4.96. The summed E-state index contributed by atoms with van der Waals surface area (Å²) in [5.41, 5.74) is 0.310. The van der Waals surface area contributed by atoms with Crippen LogP contribution in [0.4, 0.5) is 5.69 Å². The zero-order valence-corrected chi connectivity index (χ0v) is 13.7. The smallest absolute Gasteiger partial charge is 0.342 e. The molecule has 2 aromatic carbocycles. The average Bonchev–Trinajstić information content (AvgIpc) is 2.62. The number of pyridine rings is 1. The van der Waals surface area contributed by atoms with Gasteiger partial charge in [0.2, 0.25) is 0 Å². The second kappa shape index (κ2) is 7.19. The van der Waals surface area contributed by atoms with Gasteiger partial charge in [-0.25, -0.2) is 9.78 Å². The van der Waals surface area contributed by atoms with Gasteiger partial charge in [0.05, 0.1) is 5.69 Å². The number of phenolic OH excluding ortho intramolecular Hbond substituents is 1. The van der Waals surface area contributed by atoms with Crippen LogP contribution in [0.15, 0.2) is 54.7 Å². The first-order valence-corrected chi connectivity index (χ1v) is 7.72. The molecule has 0 aliphatic heterocycles. The van der Waals surface area contributed by atoms with Crippen LogP contribution in [0.1, 0.15) is 10.4 Å². The average molecular weight is 357 g/mol. The number of hydrogen-bond donors (Lipinski definition) is 2. The number of phenols is 1. The Balaban J connectivity index is 1.68. The maximum absolute atomic E-state index is 12.1. The highest BCUT2D eigenvalue weighted by molar-refractivity contribution is 6.32. The predicted octanol–water partition coefficient (Wildman–Crippen LogP) is 3.39. The number of aromatic nitrogens is 1. The van der Waals surface area contributed by atoms with Crippen LogP contribution in [0.2, 0.25) is 5.15 Å². The van der Waals surface area contributed by atoms with E-state index >= 15 is 0 Å². The van der Waals surface area contributed by atoms with Gasteiger partial charge in [-0.1, -0.05) is 41.9 Å². The van der Waals surface area contributed by atoms with E-state index in [2.05, 4.69) is 10.3 Å². The van der Waals surface area contributed by atoms with E-state index in [-0.39, 0.29) is 16.5 Å². The fourth-order valence-corrected chi connectivity index (χ4v) is 2.46. The van der Waals surface area contributed by atoms with Crippen molar-refractivity contribution < 1.29 is 19.4 Å². The zero-order valence-electron chi connectivity index (χ0n) is 12.9. The fraction of sp³-hybridized carbons (Fsp3) is 0.0556. The Bertz CT molecular complexity index is 959. The molecule has 1 aromatic heterocycles. The molecule has 0 atom stereocenters. The highest BCUT2D eigenvalue weighted by atomic mass is 35.5. The van der Waals surface area contributed by atoms with Crippen LogP contribution in [0.25, 0.3) is 10.8 Å². The molecule has 3 aromatic rings. The van der Waals surface area contributed by atoms with Crippen LogP contribution >= 0.6 is 11.6 Å². The summed E-state index contributed by atoms with van der Waals surface area (Å²) in [5, 5.41) is 14.2. The van der Waals surface area contributed by atoms with E-state index in [1.807, 2.05) is 12.1 Å². The Kier molecular flexibility index (Phi) is 4.81. The van der Waals surface area contributed by atoms with Crippen LogP contribution in [-0.4, -0.2) is 28.6 Å². The lowest BCUT2D eigenvalue weighted by atomic mass is 10.1. The van der Waals surface area contributed by atoms with Gasteiger partial charge >= 0.3 is 5.97 Å². The maximum atomic E-state index is 12.1. The van der Waals surface area contributed by atoms with Crippen molar-refractivity contribution in [1.29, 1.82) is 0 Å². The van der Waals surface area contributed by atoms with E-state index in [1.54, 1.807) is 30.3 Å². The summed E-state index contributed by atoms with van der Waals surface area (Å²) >= 11 is 5.84. The minimum atomic E-state index is -0.796. The molecular formula is C18H13ClN2O4. The van der Waals surface area contributed by atoms with Crippen LogP contribution in [0, 0.1) is 0 Å². The van der Waals surface area contributed by atoms with Crippen molar-refractivity contribution in [3.05, 3.63) is 65.4 Å². The molecule has 1 heterocycles. The van der Waals surface area contributed by atoms with E-state index in [0.717, 1.165) is 5.39 Å². The van der Waals surface area contributed by atoms with Gasteiger partial charge in [-0.3, -0.25) is 4.79 Å². The molecule has 0 aliphatic rings. The van der Waals surface area contributed by atoms with Gasteiger partial charge in [0.1, 0.15) is 11.3 Å². The molecule has 126 valence electrons. The molecular weight excluding hydrogens is 344 g/mol. The van der Waals surface area contributed by atoms with Gasteiger partial charge in [-0.2, -0.15) is 0 Å². The number of nitrogens with zero attached hydrogens (tertiary/aromatic N) is 1. The minimum Gasteiger partial charge on any atom is -0.506 e. The van der Waals surface area contributed by atoms with Crippen molar-refractivity contribution in [2.24, 2.45) is 0 Å². The van der Waals surface area contributed by atoms with Gasteiger partial charge in [0.25, 0.3) is 5.91 Å². The Morgan fingerprint density at radius 2 is 1.92 bits per heavy atom.